The summed E-state index contributed by atoms with van der Waals surface area (Å²) in [6.45, 7) is -0.136. The van der Waals surface area contributed by atoms with Crippen LogP contribution >= 0.6 is 11.3 Å². The van der Waals surface area contributed by atoms with E-state index in [0.29, 0.717) is 17.1 Å². The van der Waals surface area contributed by atoms with Crippen LogP contribution in [-0.4, -0.2) is 24.8 Å². The number of anilines is 1. The number of benzene rings is 1. The summed E-state index contributed by atoms with van der Waals surface area (Å²) >= 11 is 1.57. The van der Waals surface area contributed by atoms with Gasteiger partial charge in [-0.3, -0.25) is 18.6 Å². The highest BCUT2D eigenvalue weighted by molar-refractivity contribution is 7.15. The lowest BCUT2D eigenvalue weighted by molar-refractivity contribution is -0.116. The van der Waals surface area contributed by atoms with Gasteiger partial charge < -0.3 is 9.73 Å². The van der Waals surface area contributed by atoms with Crippen molar-refractivity contribution in [3.63, 3.8) is 0 Å². The number of carbonyl (C=O) groups is 1. The van der Waals surface area contributed by atoms with Gasteiger partial charge >= 0.3 is 0 Å². The van der Waals surface area contributed by atoms with Crippen LogP contribution in [0, 0.1) is 0 Å². The molecule has 0 bridgehead atoms. The zero-order valence-electron chi connectivity index (χ0n) is 15.6. The summed E-state index contributed by atoms with van der Waals surface area (Å²) in [7, 11) is 0. The van der Waals surface area contributed by atoms with Gasteiger partial charge in [0.1, 0.15) is 12.2 Å². The summed E-state index contributed by atoms with van der Waals surface area (Å²) in [5.41, 5.74) is 2.56. The molecule has 4 aromatic heterocycles. The summed E-state index contributed by atoms with van der Waals surface area (Å²) in [6, 6.07) is 12.2. The third kappa shape index (κ3) is 3.53. The molecule has 5 rings (SSSR count). The van der Waals surface area contributed by atoms with Crippen LogP contribution in [0.25, 0.3) is 27.7 Å². The molecule has 0 atom stereocenters. The summed E-state index contributed by atoms with van der Waals surface area (Å²) < 4.78 is 8.45. The highest BCUT2D eigenvalue weighted by Gasteiger charge is 2.10. The van der Waals surface area contributed by atoms with Gasteiger partial charge in [0.05, 0.1) is 18.3 Å². The van der Waals surface area contributed by atoms with E-state index in [1.807, 2.05) is 46.4 Å². The Kier molecular flexibility index (Phi) is 4.49. The third-order valence-electron chi connectivity index (χ3n) is 4.52. The van der Waals surface area contributed by atoms with Crippen LogP contribution in [0.1, 0.15) is 0 Å². The standard InChI is InChI=1S/C21H15N5O3S/c27-19(12-26-13-22-16(10-20(26)28)18-2-1-8-29-18)23-15-5-3-14(4-6-15)17-11-25-7-9-30-21(25)24-17/h1-11,13H,12H2,(H,23,27). The van der Waals surface area contributed by atoms with E-state index in [4.69, 9.17) is 4.42 Å². The van der Waals surface area contributed by atoms with Gasteiger partial charge in [0.2, 0.25) is 5.91 Å². The number of nitrogens with one attached hydrogen (secondary N) is 1. The Hall–Kier alpha value is -3.98. The van der Waals surface area contributed by atoms with E-state index < -0.39 is 0 Å². The second kappa shape index (κ2) is 7.45. The van der Waals surface area contributed by atoms with Gasteiger partial charge in [-0.2, -0.15) is 0 Å². The minimum absolute atomic E-state index is 0.136. The molecule has 0 unspecified atom stereocenters. The van der Waals surface area contributed by atoms with Crippen molar-refractivity contribution in [3.05, 3.63) is 83.2 Å². The molecule has 5 aromatic rings. The Labute approximate surface area is 174 Å². The van der Waals surface area contributed by atoms with Crippen LogP contribution in [-0.2, 0) is 11.3 Å². The number of nitrogens with zero attached hydrogens (tertiary/aromatic N) is 4. The van der Waals surface area contributed by atoms with Crippen LogP contribution in [0.4, 0.5) is 5.69 Å². The van der Waals surface area contributed by atoms with E-state index in [2.05, 4.69) is 15.3 Å². The molecule has 9 heteroatoms. The number of amides is 1. The largest absolute Gasteiger partial charge is 0.463 e. The minimum Gasteiger partial charge on any atom is -0.463 e. The highest BCUT2D eigenvalue weighted by Crippen LogP contribution is 2.23. The van der Waals surface area contributed by atoms with Crippen molar-refractivity contribution < 1.29 is 9.21 Å². The normalized spacial score (nSPS) is 11.1. The molecule has 0 aliphatic rings. The molecule has 0 radical (unpaired) electrons. The molecule has 0 saturated carbocycles. The number of imidazole rings is 1. The molecule has 1 aromatic carbocycles. The summed E-state index contributed by atoms with van der Waals surface area (Å²) in [6.07, 6.45) is 6.78. The second-order valence-electron chi connectivity index (χ2n) is 6.56. The average Bonchev–Trinajstić information content (AvgIpc) is 3.48. The van der Waals surface area contributed by atoms with Gasteiger partial charge in [0, 0.05) is 35.1 Å². The molecule has 0 aliphatic carbocycles. The smallest absolute Gasteiger partial charge is 0.254 e. The van der Waals surface area contributed by atoms with Gasteiger partial charge in [0.25, 0.3) is 5.56 Å². The Morgan fingerprint density at radius 1 is 1.17 bits per heavy atom. The van der Waals surface area contributed by atoms with Crippen LogP contribution in [0.2, 0.25) is 0 Å². The summed E-state index contributed by atoms with van der Waals surface area (Å²) in [4.78, 5) is 34.3. The van der Waals surface area contributed by atoms with Gasteiger partial charge in [-0.05, 0) is 24.3 Å². The van der Waals surface area contributed by atoms with Gasteiger partial charge in [0.15, 0.2) is 10.7 Å². The molecular weight excluding hydrogens is 402 g/mol. The van der Waals surface area contributed by atoms with Crippen LogP contribution < -0.4 is 10.9 Å². The number of hydrogen-bond donors (Lipinski definition) is 1. The maximum absolute atomic E-state index is 12.4. The molecular formula is C21H15N5O3S. The number of thiazole rings is 1. The maximum atomic E-state index is 12.4. The van der Waals surface area contributed by atoms with Crippen molar-refractivity contribution in [3.8, 4) is 22.7 Å². The lowest BCUT2D eigenvalue weighted by atomic mass is 10.1. The quantitative estimate of drug-likeness (QED) is 0.472. The molecule has 0 spiro atoms. The Balaban J connectivity index is 1.26. The molecule has 1 amide bonds. The van der Waals surface area contributed by atoms with E-state index in [-0.39, 0.29) is 18.0 Å². The summed E-state index contributed by atoms with van der Waals surface area (Å²) in [5.74, 6) is 0.182. The Morgan fingerprint density at radius 3 is 2.77 bits per heavy atom. The number of carbonyl (C=O) groups excluding carboxylic acids is 1. The van der Waals surface area contributed by atoms with Crippen molar-refractivity contribution in [2.75, 3.05) is 5.32 Å². The number of furan rings is 1. The van der Waals surface area contributed by atoms with Crippen LogP contribution in [0.3, 0.4) is 0 Å². The van der Waals surface area contributed by atoms with E-state index in [9.17, 15) is 9.59 Å². The van der Waals surface area contributed by atoms with Crippen molar-refractivity contribution in [1.82, 2.24) is 18.9 Å². The molecule has 30 heavy (non-hydrogen) atoms. The van der Waals surface area contributed by atoms with Crippen molar-refractivity contribution in [2.45, 2.75) is 6.54 Å². The van der Waals surface area contributed by atoms with Crippen molar-refractivity contribution in [1.29, 1.82) is 0 Å². The van der Waals surface area contributed by atoms with E-state index in [0.717, 1.165) is 16.2 Å². The summed E-state index contributed by atoms with van der Waals surface area (Å²) in [5, 5.41) is 4.77. The van der Waals surface area contributed by atoms with E-state index >= 15 is 0 Å². The molecule has 148 valence electrons. The maximum Gasteiger partial charge on any atom is 0.254 e. The molecule has 0 saturated heterocycles. The molecule has 0 fully saturated rings. The molecule has 0 aliphatic heterocycles. The Morgan fingerprint density at radius 2 is 2.03 bits per heavy atom. The highest BCUT2D eigenvalue weighted by atomic mass is 32.1. The van der Waals surface area contributed by atoms with E-state index in [1.54, 1.807) is 23.5 Å². The fourth-order valence-electron chi connectivity index (χ4n) is 3.05. The molecule has 4 heterocycles. The zero-order valence-corrected chi connectivity index (χ0v) is 16.4. The molecule has 8 nitrogen and oxygen atoms in total. The predicted molar refractivity (Wildman–Crippen MR) is 113 cm³/mol. The van der Waals surface area contributed by atoms with Gasteiger partial charge in [-0.15, -0.1) is 11.3 Å². The fourth-order valence-corrected chi connectivity index (χ4v) is 3.75. The monoisotopic (exact) mass is 417 g/mol. The van der Waals surface area contributed by atoms with Crippen molar-refractivity contribution in [2.24, 2.45) is 0 Å². The lowest BCUT2D eigenvalue weighted by Crippen LogP contribution is -2.27. The number of aromatic nitrogens is 4. The average molecular weight is 417 g/mol. The first-order valence-corrected chi connectivity index (χ1v) is 9.96. The number of hydrogen-bond acceptors (Lipinski definition) is 6. The minimum atomic E-state index is -0.332. The van der Waals surface area contributed by atoms with Crippen LogP contribution in [0.15, 0.2) is 82.0 Å². The predicted octanol–water partition coefficient (Wildman–Crippen LogP) is 3.52. The number of rotatable bonds is 5. The first kappa shape index (κ1) is 18.1. The van der Waals surface area contributed by atoms with Gasteiger partial charge in [-0.1, -0.05) is 12.1 Å². The Bertz CT molecular complexity index is 1350. The zero-order chi connectivity index (χ0) is 20.5. The van der Waals surface area contributed by atoms with E-state index in [1.165, 1.54) is 23.2 Å². The second-order valence-corrected chi connectivity index (χ2v) is 7.44. The third-order valence-corrected chi connectivity index (χ3v) is 5.30. The first-order chi connectivity index (χ1) is 14.7. The SMILES string of the molecule is O=C(Cn1cnc(-c2ccco2)cc1=O)Nc1ccc(-c2cn3ccsc3n2)cc1. The fraction of sp³-hybridized carbons (Fsp3) is 0.0476. The molecule has 1 N–H and O–H groups in total. The lowest BCUT2D eigenvalue weighted by Gasteiger charge is -2.08. The number of fused-ring (bicyclic) bond motifs is 1. The van der Waals surface area contributed by atoms with Crippen molar-refractivity contribution >= 4 is 27.9 Å². The topological polar surface area (TPSA) is 94.4 Å². The first-order valence-electron chi connectivity index (χ1n) is 9.08. The van der Waals surface area contributed by atoms with Gasteiger partial charge in [-0.25, -0.2) is 9.97 Å². The van der Waals surface area contributed by atoms with Crippen LogP contribution in [0.5, 0.6) is 0 Å².